The summed E-state index contributed by atoms with van der Waals surface area (Å²) in [5, 5.41) is 18.5. The minimum Gasteiger partial charge on any atom is -0.507 e. The minimum atomic E-state index is -0.447. The van der Waals surface area contributed by atoms with Gasteiger partial charge >= 0.3 is 0 Å². The Morgan fingerprint density at radius 3 is 2.71 bits per heavy atom. The van der Waals surface area contributed by atoms with Crippen molar-refractivity contribution in [2.75, 3.05) is 34.0 Å². The SMILES string of the molecule is CCOc1ccc(C2c3c(-c4cc(Cl)c(C)cc4O)n[nH]c3C(=O)N2CCCOC)cc1OC. The Morgan fingerprint density at radius 1 is 1.21 bits per heavy atom. The van der Waals surface area contributed by atoms with Crippen LogP contribution in [0.4, 0.5) is 0 Å². The van der Waals surface area contributed by atoms with E-state index in [9.17, 15) is 9.90 Å². The van der Waals surface area contributed by atoms with E-state index in [4.69, 9.17) is 25.8 Å². The van der Waals surface area contributed by atoms with Crippen molar-refractivity contribution in [2.45, 2.75) is 26.3 Å². The van der Waals surface area contributed by atoms with E-state index >= 15 is 0 Å². The summed E-state index contributed by atoms with van der Waals surface area (Å²) in [5.41, 5.74) is 3.60. The fourth-order valence-electron chi connectivity index (χ4n) is 4.34. The van der Waals surface area contributed by atoms with Crippen LogP contribution < -0.4 is 9.47 Å². The second-order valence-electron chi connectivity index (χ2n) is 8.07. The summed E-state index contributed by atoms with van der Waals surface area (Å²) in [6.45, 7) is 5.23. The normalized spacial score (nSPS) is 15.0. The molecule has 3 aromatic rings. The van der Waals surface area contributed by atoms with Crippen molar-refractivity contribution in [1.29, 1.82) is 0 Å². The smallest absolute Gasteiger partial charge is 0.273 e. The number of hydrogen-bond donors (Lipinski definition) is 2. The first kappa shape index (κ1) is 23.9. The molecular formula is C25H28ClN3O5. The molecule has 1 unspecified atom stereocenters. The van der Waals surface area contributed by atoms with Gasteiger partial charge in [-0.1, -0.05) is 17.7 Å². The molecule has 0 fully saturated rings. The predicted octanol–water partition coefficient (Wildman–Crippen LogP) is 4.73. The maximum absolute atomic E-state index is 13.4. The molecule has 9 heteroatoms. The van der Waals surface area contributed by atoms with Crippen LogP contribution in [-0.2, 0) is 4.74 Å². The van der Waals surface area contributed by atoms with Crippen LogP contribution in [0.2, 0.25) is 5.02 Å². The summed E-state index contributed by atoms with van der Waals surface area (Å²) in [7, 11) is 3.22. The number of methoxy groups -OCH3 is 2. The molecule has 0 bridgehead atoms. The van der Waals surface area contributed by atoms with Gasteiger partial charge in [0.05, 0.1) is 19.8 Å². The van der Waals surface area contributed by atoms with Gasteiger partial charge in [0.15, 0.2) is 11.5 Å². The number of aromatic amines is 1. The fraction of sp³-hybridized carbons (Fsp3) is 0.360. The Kier molecular flexibility index (Phi) is 7.00. The quantitative estimate of drug-likeness (QED) is 0.425. The van der Waals surface area contributed by atoms with Crippen LogP contribution in [0.25, 0.3) is 11.3 Å². The summed E-state index contributed by atoms with van der Waals surface area (Å²) in [4.78, 5) is 15.2. The summed E-state index contributed by atoms with van der Waals surface area (Å²) < 4.78 is 16.4. The number of aromatic hydroxyl groups is 1. The monoisotopic (exact) mass is 485 g/mol. The lowest BCUT2D eigenvalue weighted by molar-refractivity contribution is 0.0723. The number of aromatic nitrogens is 2. The van der Waals surface area contributed by atoms with E-state index in [1.807, 2.05) is 32.0 Å². The van der Waals surface area contributed by atoms with E-state index in [1.54, 1.807) is 31.3 Å². The van der Waals surface area contributed by atoms with Crippen molar-refractivity contribution in [3.05, 3.63) is 57.7 Å². The number of phenolic OH excluding ortho intramolecular Hbond substituents is 1. The van der Waals surface area contributed by atoms with Gasteiger partial charge in [-0.2, -0.15) is 5.10 Å². The van der Waals surface area contributed by atoms with Gasteiger partial charge in [0.1, 0.15) is 17.1 Å². The second-order valence-corrected chi connectivity index (χ2v) is 8.48. The Balaban J connectivity index is 1.87. The minimum absolute atomic E-state index is 0.0458. The van der Waals surface area contributed by atoms with E-state index in [0.29, 0.717) is 65.2 Å². The second kappa shape index (κ2) is 9.95. The van der Waals surface area contributed by atoms with Gasteiger partial charge in [-0.05, 0) is 55.7 Å². The number of nitrogens with zero attached hydrogens (tertiary/aromatic N) is 2. The summed E-state index contributed by atoms with van der Waals surface area (Å²) in [6, 6.07) is 8.46. The molecule has 0 radical (unpaired) electrons. The van der Waals surface area contributed by atoms with E-state index in [0.717, 1.165) is 11.1 Å². The maximum atomic E-state index is 13.4. The number of aryl methyl sites for hydroxylation is 1. The van der Waals surface area contributed by atoms with Gasteiger partial charge in [0.25, 0.3) is 5.91 Å². The number of nitrogens with one attached hydrogen (secondary N) is 1. The van der Waals surface area contributed by atoms with Crippen molar-refractivity contribution in [3.63, 3.8) is 0 Å². The third kappa shape index (κ3) is 4.19. The molecular weight excluding hydrogens is 458 g/mol. The first-order chi connectivity index (χ1) is 16.4. The number of amides is 1. The Bertz CT molecular complexity index is 1210. The van der Waals surface area contributed by atoms with Gasteiger partial charge in [0.2, 0.25) is 0 Å². The molecule has 0 aliphatic carbocycles. The van der Waals surface area contributed by atoms with Gasteiger partial charge in [-0.3, -0.25) is 9.89 Å². The molecule has 4 rings (SSSR count). The number of benzene rings is 2. The molecule has 0 saturated carbocycles. The summed E-state index contributed by atoms with van der Waals surface area (Å²) in [5.74, 6) is 1.08. The largest absolute Gasteiger partial charge is 0.507 e. The van der Waals surface area contributed by atoms with E-state index < -0.39 is 6.04 Å². The van der Waals surface area contributed by atoms with Crippen molar-refractivity contribution in [2.24, 2.45) is 0 Å². The molecule has 2 aromatic carbocycles. The van der Waals surface area contributed by atoms with Crippen molar-refractivity contribution in [3.8, 4) is 28.5 Å². The molecule has 34 heavy (non-hydrogen) atoms. The zero-order valence-corrected chi connectivity index (χ0v) is 20.4. The molecule has 1 aliphatic rings. The number of phenols is 1. The van der Waals surface area contributed by atoms with Gasteiger partial charge in [-0.25, -0.2) is 0 Å². The van der Waals surface area contributed by atoms with Crippen molar-refractivity contribution in [1.82, 2.24) is 15.1 Å². The highest BCUT2D eigenvalue weighted by molar-refractivity contribution is 6.31. The van der Waals surface area contributed by atoms with Crippen molar-refractivity contribution < 1.29 is 24.1 Å². The van der Waals surface area contributed by atoms with Crippen LogP contribution in [0.1, 0.15) is 46.6 Å². The summed E-state index contributed by atoms with van der Waals surface area (Å²) in [6.07, 6.45) is 0.668. The van der Waals surface area contributed by atoms with Crippen LogP contribution in [0, 0.1) is 6.92 Å². The van der Waals surface area contributed by atoms with E-state index in [1.165, 1.54) is 0 Å². The van der Waals surface area contributed by atoms with E-state index in [-0.39, 0.29) is 11.7 Å². The van der Waals surface area contributed by atoms with Gasteiger partial charge < -0.3 is 24.2 Å². The third-order valence-corrected chi connectivity index (χ3v) is 6.35. The first-order valence-electron chi connectivity index (χ1n) is 11.1. The molecule has 2 heterocycles. The Labute approximate surface area is 203 Å². The predicted molar refractivity (Wildman–Crippen MR) is 129 cm³/mol. The Hall–Kier alpha value is -3.23. The number of rotatable bonds is 9. The van der Waals surface area contributed by atoms with E-state index in [2.05, 4.69) is 10.2 Å². The average molecular weight is 486 g/mol. The van der Waals surface area contributed by atoms with Gasteiger partial charge in [-0.15, -0.1) is 0 Å². The molecule has 1 atom stereocenters. The standard InChI is InChI=1S/C25H28ClN3O5/c1-5-34-19-8-7-15(12-20(19)33-4)24-21-22(16-13-17(26)14(2)11-18(16)30)27-28-23(21)25(31)29(24)9-6-10-32-3/h7-8,11-13,24,30H,5-6,9-10H2,1-4H3,(H,27,28). The van der Waals surface area contributed by atoms with Gasteiger partial charge in [0, 0.05) is 36.4 Å². The van der Waals surface area contributed by atoms with Crippen LogP contribution in [0.5, 0.6) is 17.2 Å². The average Bonchev–Trinajstić information content (AvgIpc) is 3.36. The Morgan fingerprint density at radius 2 is 2.00 bits per heavy atom. The fourth-order valence-corrected chi connectivity index (χ4v) is 4.51. The number of H-pyrrole nitrogens is 1. The highest BCUT2D eigenvalue weighted by Gasteiger charge is 2.42. The number of carbonyl (C=O) groups is 1. The van der Waals surface area contributed by atoms with Crippen LogP contribution in [0.3, 0.4) is 0 Å². The molecule has 2 N–H and O–H groups in total. The molecule has 0 spiro atoms. The lowest BCUT2D eigenvalue weighted by Gasteiger charge is -2.27. The molecule has 1 amide bonds. The zero-order valence-electron chi connectivity index (χ0n) is 19.6. The van der Waals surface area contributed by atoms with Crippen LogP contribution in [0.15, 0.2) is 30.3 Å². The topological polar surface area (TPSA) is 96.9 Å². The van der Waals surface area contributed by atoms with Crippen molar-refractivity contribution >= 4 is 17.5 Å². The highest BCUT2D eigenvalue weighted by atomic mass is 35.5. The third-order valence-electron chi connectivity index (χ3n) is 5.95. The maximum Gasteiger partial charge on any atom is 0.273 e. The lowest BCUT2D eigenvalue weighted by atomic mass is 9.95. The molecule has 8 nitrogen and oxygen atoms in total. The zero-order chi connectivity index (χ0) is 24.4. The highest BCUT2D eigenvalue weighted by Crippen LogP contribution is 2.46. The number of halogens is 1. The number of fused-ring (bicyclic) bond motifs is 1. The number of carbonyl (C=O) groups excluding carboxylic acids is 1. The molecule has 1 aliphatic heterocycles. The lowest BCUT2D eigenvalue weighted by Crippen LogP contribution is -2.31. The molecule has 180 valence electrons. The number of ether oxygens (including phenoxy) is 3. The molecule has 0 saturated heterocycles. The summed E-state index contributed by atoms with van der Waals surface area (Å²) >= 11 is 6.36. The number of hydrogen-bond acceptors (Lipinski definition) is 6. The van der Waals surface area contributed by atoms with Crippen LogP contribution in [-0.4, -0.2) is 60.1 Å². The molecule has 1 aromatic heterocycles. The van der Waals surface area contributed by atoms with Crippen LogP contribution >= 0.6 is 11.6 Å². The first-order valence-corrected chi connectivity index (χ1v) is 11.5.